The molecule has 3 aliphatic rings. The molecule has 32 heavy (non-hydrogen) atoms. The molecule has 0 bridgehead atoms. The minimum Gasteiger partial charge on any atom is -0.309 e. The normalized spacial score (nSPS) is 19.3. The number of aryl methyl sites for hydroxylation is 2. The summed E-state index contributed by atoms with van der Waals surface area (Å²) in [5.74, 6) is 1.64. The van der Waals surface area contributed by atoms with E-state index in [9.17, 15) is 9.18 Å². The van der Waals surface area contributed by atoms with Crippen molar-refractivity contribution in [3.8, 4) is 11.3 Å². The second-order valence-corrected chi connectivity index (χ2v) is 10.1. The topological polar surface area (TPSA) is 54.9 Å². The molecule has 5 heteroatoms. The molecule has 170 valence electrons. The summed E-state index contributed by atoms with van der Waals surface area (Å²) in [5, 5.41) is 3.16. The van der Waals surface area contributed by atoms with Crippen molar-refractivity contribution in [2.24, 2.45) is 11.8 Å². The average Bonchev–Trinajstić information content (AvgIpc) is 2.80. The van der Waals surface area contributed by atoms with Gasteiger partial charge in [0.05, 0.1) is 17.1 Å². The molecule has 3 aliphatic carbocycles. The Bertz CT molecular complexity index is 977. The molecule has 5 rings (SSSR count). The fraction of sp³-hybridized carbons (Fsp3) is 0.593. The number of benzene rings is 1. The quantitative estimate of drug-likeness (QED) is 0.590. The van der Waals surface area contributed by atoms with E-state index in [-0.39, 0.29) is 11.7 Å². The summed E-state index contributed by atoms with van der Waals surface area (Å²) in [6.07, 6.45) is 15.3. The van der Waals surface area contributed by atoms with Gasteiger partial charge in [-0.25, -0.2) is 14.4 Å². The molecule has 1 aromatic carbocycles. The van der Waals surface area contributed by atoms with Crippen molar-refractivity contribution in [2.45, 2.75) is 89.9 Å². The Morgan fingerprint density at radius 1 is 0.938 bits per heavy atom. The number of nitrogens with zero attached hydrogens (tertiary/aromatic N) is 2. The molecule has 0 radical (unpaired) electrons. The van der Waals surface area contributed by atoms with Gasteiger partial charge < -0.3 is 5.32 Å². The minimum atomic E-state index is -0.200. The lowest BCUT2D eigenvalue weighted by Crippen LogP contribution is -2.22. The molecule has 2 aromatic rings. The van der Waals surface area contributed by atoms with Crippen LogP contribution in [-0.4, -0.2) is 15.9 Å². The zero-order valence-corrected chi connectivity index (χ0v) is 19.0. The van der Waals surface area contributed by atoms with E-state index in [1.54, 1.807) is 6.07 Å². The van der Waals surface area contributed by atoms with E-state index in [1.807, 2.05) is 6.07 Å². The maximum absolute atomic E-state index is 13.8. The van der Waals surface area contributed by atoms with Crippen molar-refractivity contribution >= 4 is 11.7 Å². The van der Waals surface area contributed by atoms with Gasteiger partial charge in [-0.1, -0.05) is 51.4 Å². The number of nitrogens with one attached hydrogen (secondary N) is 1. The molecule has 0 unspecified atom stereocenters. The van der Waals surface area contributed by atoms with Crippen LogP contribution in [0.1, 0.15) is 87.6 Å². The summed E-state index contributed by atoms with van der Waals surface area (Å²) >= 11 is 0. The van der Waals surface area contributed by atoms with Crippen LogP contribution >= 0.6 is 0 Å². The lowest BCUT2D eigenvalue weighted by molar-refractivity contribution is -0.117. The van der Waals surface area contributed by atoms with Gasteiger partial charge in [-0.2, -0.15) is 0 Å². The Hall–Kier alpha value is -2.30. The average molecular weight is 436 g/mol. The number of hydrogen-bond donors (Lipinski definition) is 1. The highest BCUT2D eigenvalue weighted by Crippen LogP contribution is 2.35. The molecule has 1 aromatic heterocycles. The maximum Gasteiger partial charge on any atom is 0.225 e. The van der Waals surface area contributed by atoms with E-state index in [2.05, 4.69) is 5.32 Å². The zero-order valence-electron chi connectivity index (χ0n) is 19.0. The molecule has 1 N–H and O–H groups in total. The van der Waals surface area contributed by atoms with E-state index < -0.39 is 0 Å². The second kappa shape index (κ2) is 9.68. The van der Waals surface area contributed by atoms with Gasteiger partial charge in [0.15, 0.2) is 5.82 Å². The number of fused-ring (bicyclic) bond motifs is 3. The van der Waals surface area contributed by atoms with Crippen molar-refractivity contribution in [3.05, 3.63) is 41.0 Å². The minimum absolute atomic E-state index is 0.0781. The van der Waals surface area contributed by atoms with E-state index >= 15 is 0 Å². The van der Waals surface area contributed by atoms with Gasteiger partial charge in [-0.05, 0) is 67.7 Å². The van der Waals surface area contributed by atoms with Crippen LogP contribution in [-0.2, 0) is 24.1 Å². The van der Waals surface area contributed by atoms with Crippen LogP contribution in [0.15, 0.2) is 18.2 Å². The summed E-state index contributed by atoms with van der Waals surface area (Å²) in [6, 6.07) is 4.97. The molecular formula is C27H34FN3O. The van der Waals surface area contributed by atoms with Crippen LogP contribution in [0.5, 0.6) is 0 Å². The van der Waals surface area contributed by atoms with Crippen LogP contribution in [0.2, 0.25) is 0 Å². The van der Waals surface area contributed by atoms with Gasteiger partial charge in [0, 0.05) is 12.0 Å². The smallest absolute Gasteiger partial charge is 0.225 e. The molecule has 0 aliphatic heterocycles. The molecule has 4 nitrogen and oxygen atoms in total. The summed E-state index contributed by atoms with van der Waals surface area (Å²) in [7, 11) is 0. The van der Waals surface area contributed by atoms with Gasteiger partial charge in [0.1, 0.15) is 5.82 Å². The van der Waals surface area contributed by atoms with Crippen LogP contribution in [0.4, 0.5) is 10.2 Å². The van der Waals surface area contributed by atoms with E-state index in [4.69, 9.17) is 9.97 Å². The third-order valence-electron chi connectivity index (χ3n) is 7.66. The second-order valence-electron chi connectivity index (χ2n) is 10.1. The number of carbonyl (C=O) groups excluding carboxylic acids is 1. The van der Waals surface area contributed by atoms with Gasteiger partial charge in [0.2, 0.25) is 5.91 Å². The Labute approximate surface area is 190 Å². The number of aromatic nitrogens is 2. The van der Waals surface area contributed by atoms with Crippen molar-refractivity contribution in [2.75, 3.05) is 5.32 Å². The predicted molar refractivity (Wildman–Crippen MR) is 125 cm³/mol. The van der Waals surface area contributed by atoms with E-state index in [1.165, 1.54) is 57.4 Å². The molecule has 0 spiro atoms. The number of hydrogen-bond acceptors (Lipinski definition) is 3. The third-order valence-corrected chi connectivity index (χ3v) is 7.66. The van der Waals surface area contributed by atoms with Crippen LogP contribution in [0, 0.1) is 17.7 Å². The van der Waals surface area contributed by atoms with Gasteiger partial charge in [-0.15, -0.1) is 0 Å². The molecule has 2 saturated carbocycles. The standard InChI is InChI=1S/C27H34FN3O/c28-21-12-13-22-20(17-21)11-14-23-26(22)29-24(15-18-7-3-1-4-8-18)27(30-23)31-25(32)16-19-9-5-2-6-10-19/h12-13,17-19H,1-11,14-16H2,(H,30,31,32). The highest BCUT2D eigenvalue weighted by Gasteiger charge is 2.25. The number of halogens is 1. The van der Waals surface area contributed by atoms with Crippen LogP contribution < -0.4 is 5.32 Å². The molecular weight excluding hydrogens is 401 g/mol. The number of amides is 1. The van der Waals surface area contributed by atoms with E-state index in [0.717, 1.165) is 60.3 Å². The van der Waals surface area contributed by atoms with Crippen molar-refractivity contribution in [3.63, 3.8) is 0 Å². The lowest BCUT2D eigenvalue weighted by Gasteiger charge is -2.25. The van der Waals surface area contributed by atoms with Crippen molar-refractivity contribution < 1.29 is 9.18 Å². The number of rotatable bonds is 5. The van der Waals surface area contributed by atoms with Crippen molar-refractivity contribution in [1.29, 1.82) is 0 Å². The fourth-order valence-corrected chi connectivity index (χ4v) is 5.89. The Morgan fingerprint density at radius 3 is 2.41 bits per heavy atom. The molecule has 0 saturated heterocycles. The highest BCUT2D eigenvalue weighted by atomic mass is 19.1. The SMILES string of the molecule is O=C(CC1CCCCC1)Nc1nc2c(nc1CC1CCCCC1)-c1ccc(F)cc1CC2. The molecule has 2 fully saturated rings. The van der Waals surface area contributed by atoms with Gasteiger partial charge >= 0.3 is 0 Å². The first kappa shape index (κ1) is 21.5. The fourth-order valence-electron chi connectivity index (χ4n) is 5.89. The summed E-state index contributed by atoms with van der Waals surface area (Å²) in [5.41, 5.74) is 4.70. The number of carbonyl (C=O) groups is 1. The van der Waals surface area contributed by atoms with Gasteiger partial charge in [0.25, 0.3) is 0 Å². The first-order valence-corrected chi connectivity index (χ1v) is 12.6. The first-order chi connectivity index (χ1) is 15.7. The Morgan fingerprint density at radius 2 is 1.66 bits per heavy atom. The highest BCUT2D eigenvalue weighted by molar-refractivity contribution is 5.90. The van der Waals surface area contributed by atoms with Gasteiger partial charge in [-0.3, -0.25) is 4.79 Å². The molecule has 0 atom stereocenters. The summed E-state index contributed by atoms with van der Waals surface area (Å²) in [6.45, 7) is 0. The Balaban J connectivity index is 1.43. The number of anilines is 1. The van der Waals surface area contributed by atoms with Crippen LogP contribution in [0.25, 0.3) is 11.3 Å². The summed E-state index contributed by atoms with van der Waals surface area (Å²) in [4.78, 5) is 22.9. The van der Waals surface area contributed by atoms with Crippen molar-refractivity contribution in [1.82, 2.24) is 9.97 Å². The molecule has 1 amide bonds. The summed E-state index contributed by atoms with van der Waals surface area (Å²) < 4.78 is 13.8. The maximum atomic E-state index is 13.8. The largest absolute Gasteiger partial charge is 0.309 e. The predicted octanol–water partition coefficient (Wildman–Crippen LogP) is 6.41. The van der Waals surface area contributed by atoms with E-state index in [0.29, 0.717) is 24.1 Å². The third kappa shape index (κ3) is 4.87. The zero-order chi connectivity index (χ0) is 21.9. The monoisotopic (exact) mass is 435 g/mol. The first-order valence-electron chi connectivity index (χ1n) is 12.6. The Kier molecular flexibility index (Phi) is 6.52. The molecule has 1 heterocycles. The van der Waals surface area contributed by atoms with Crippen LogP contribution in [0.3, 0.4) is 0 Å². The lowest BCUT2D eigenvalue weighted by atomic mass is 9.85.